The van der Waals surface area contributed by atoms with Crippen molar-refractivity contribution in [1.29, 1.82) is 0 Å². The molecule has 0 aliphatic carbocycles. The van der Waals surface area contributed by atoms with Crippen molar-refractivity contribution in [1.82, 2.24) is 4.98 Å². The Balaban J connectivity index is 1.81. The number of pyridine rings is 1. The molecule has 3 rings (SSSR count). The van der Waals surface area contributed by atoms with E-state index in [2.05, 4.69) is 4.98 Å². The van der Waals surface area contributed by atoms with Gasteiger partial charge in [-0.05, 0) is 71.6 Å². The van der Waals surface area contributed by atoms with Crippen LogP contribution in [0.5, 0.6) is 5.88 Å². The van der Waals surface area contributed by atoms with Crippen molar-refractivity contribution in [3.8, 4) is 5.88 Å². The third-order valence-electron chi connectivity index (χ3n) is 5.09. The van der Waals surface area contributed by atoms with Gasteiger partial charge in [0.2, 0.25) is 5.88 Å². The molecule has 7 heteroatoms. The highest BCUT2D eigenvalue weighted by atomic mass is 32.2. The molecule has 0 saturated carbocycles. The van der Waals surface area contributed by atoms with Gasteiger partial charge in [-0.15, -0.1) is 0 Å². The molecule has 1 fully saturated rings. The summed E-state index contributed by atoms with van der Waals surface area (Å²) in [6, 6.07) is 6.97. The Morgan fingerprint density at radius 3 is 2.29 bits per heavy atom. The van der Waals surface area contributed by atoms with Gasteiger partial charge in [-0.1, -0.05) is 17.8 Å². The molecule has 1 aromatic carbocycles. The van der Waals surface area contributed by atoms with Crippen molar-refractivity contribution in [2.45, 2.75) is 75.6 Å². The van der Waals surface area contributed by atoms with Crippen molar-refractivity contribution >= 4 is 24.3 Å². The molecule has 0 bridgehead atoms. The average molecular weight is 403 g/mol. The van der Waals surface area contributed by atoms with Crippen LogP contribution >= 0.6 is 11.8 Å². The summed E-state index contributed by atoms with van der Waals surface area (Å²) >= 11 is 1.36. The zero-order valence-electron chi connectivity index (χ0n) is 17.5. The standard InChI is InChI=1S/C21H27BFNO3S/c1-13(2)25-19-11-18(14(3)12-24-19)28-17-9-8-15(10-16(17)23)22-26-20(4,5)21(6,7)27-22/h8-13H,1-7H3. The summed E-state index contributed by atoms with van der Waals surface area (Å²) in [7, 11) is -0.577. The fourth-order valence-electron chi connectivity index (χ4n) is 2.75. The molecule has 0 atom stereocenters. The number of halogens is 1. The first kappa shape index (κ1) is 21.2. The predicted octanol–water partition coefficient (Wildman–Crippen LogP) is 4.77. The summed E-state index contributed by atoms with van der Waals surface area (Å²) in [4.78, 5) is 5.72. The summed E-state index contributed by atoms with van der Waals surface area (Å²) in [5, 5.41) is 0. The average Bonchev–Trinajstić information content (AvgIpc) is 2.80. The molecule has 1 aliphatic rings. The van der Waals surface area contributed by atoms with Crippen LogP contribution in [0.1, 0.15) is 47.1 Å². The second-order valence-corrected chi connectivity index (χ2v) is 9.42. The monoisotopic (exact) mass is 403 g/mol. The highest BCUT2D eigenvalue weighted by Gasteiger charge is 2.51. The Morgan fingerprint density at radius 2 is 1.71 bits per heavy atom. The summed E-state index contributed by atoms with van der Waals surface area (Å²) < 4.78 is 32.5. The number of aryl methyl sites for hydroxylation is 1. The van der Waals surface area contributed by atoms with E-state index in [1.165, 1.54) is 17.8 Å². The van der Waals surface area contributed by atoms with Gasteiger partial charge >= 0.3 is 7.12 Å². The zero-order chi connectivity index (χ0) is 20.7. The van der Waals surface area contributed by atoms with E-state index >= 15 is 0 Å². The van der Waals surface area contributed by atoms with Crippen LogP contribution in [0, 0.1) is 12.7 Å². The lowest BCUT2D eigenvalue weighted by Crippen LogP contribution is -2.41. The molecule has 0 spiro atoms. The highest BCUT2D eigenvalue weighted by Crippen LogP contribution is 2.37. The lowest BCUT2D eigenvalue weighted by Gasteiger charge is -2.32. The Hall–Kier alpha value is -1.57. The van der Waals surface area contributed by atoms with E-state index < -0.39 is 18.3 Å². The molecule has 0 radical (unpaired) electrons. The van der Waals surface area contributed by atoms with Gasteiger partial charge in [-0.2, -0.15) is 0 Å². The number of nitrogens with zero attached hydrogens (tertiary/aromatic N) is 1. The zero-order valence-corrected chi connectivity index (χ0v) is 18.3. The smallest absolute Gasteiger partial charge is 0.475 e. The van der Waals surface area contributed by atoms with E-state index in [9.17, 15) is 4.39 Å². The fourth-order valence-corrected chi connectivity index (χ4v) is 3.65. The second-order valence-electron chi connectivity index (χ2n) is 8.33. The summed E-state index contributed by atoms with van der Waals surface area (Å²) in [6.45, 7) is 13.8. The fraction of sp³-hybridized carbons (Fsp3) is 0.476. The number of hydrogen-bond donors (Lipinski definition) is 0. The molecule has 0 N–H and O–H groups in total. The lowest BCUT2D eigenvalue weighted by molar-refractivity contribution is 0.00578. The third-order valence-corrected chi connectivity index (χ3v) is 6.30. The first-order valence-corrected chi connectivity index (χ1v) is 10.3. The van der Waals surface area contributed by atoms with Crippen LogP contribution in [-0.2, 0) is 9.31 Å². The molecule has 4 nitrogen and oxygen atoms in total. The van der Waals surface area contributed by atoms with Crippen LogP contribution in [0.15, 0.2) is 40.3 Å². The maximum absolute atomic E-state index is 14.8. The Bertz CT molecular complexity index is 857. The maximum atomic E-state index is 14.8. The van der Waals surface area contributed by atoms with E-state index in [0.29, 0.717) is 16.2 Å². The van der Waals surface area contributed by atoms with Crippen LogP contribution in [0.25, 0.3) is 0 Å². The van der Waals surface area contributed by atoms with Gasteiger partial charge in [0.05, 0.1) is 17.3 Å². The minimum Gasteiger partial charge on any atom is -0.475 e. The topological polar surface area (TPSA) is 40.6 Å². The minimum atomic E-state index is -0.577. The normalized spacial score (nSPS) is 18.0. The van der Waals surface area contributed by atoms with Crippen molar-refractivity contribution in [3.63, 3.8) is 0 Å². The molecule has 1 aromatic heterocycles. The SMILES string of the molecule is Cc1cnc(OC(C)C)cc1Sc1ccc(B2OC(C)(C)C(C)(C)O2)cc1F. The van der Waals surface area contributed by atoms with Crippen LogP contribution in [0.2, 0.25) is 0 Å². The summed E-state index contributed by atoms with van der Waals surface area (Å²) in [5.41, 5.74) is 0.733. The van der Waals surface area contributed by atoms with Crippen molar-refractivity contribution in [2.75, 3.05) is 0 Å². The van der Waals surface area contributed by atoms with Crippen LogP contribution in [0.3, 0.4) is 0 Å². The predicted molar refractivity (Wildman–Crippen MR) is 111 cm³/mol. The number of aromatic nitrogens is 1. The van der Waals surface area contributed by atoms with E-state index in [-0.39, 0.29) is 11.9 Å². The molecule has 1 saturated heterocycles. The third kappa shape index (κ3) is 4.37. The second kappa shape index (κ2) is 7.69. The van der Waals surface area contributed by atoms with Crippen molar-refractivity contribution < 1.29 is 18.4 Å². The van der Waals surface area contributed by atoms with Crippen molar-refractivity contribution in [3.05, 3.63) is 41.8 Å². The molecule has 150 valence electrons. The summed E-state index contributed by atoms with van der Waals surface area (Å²) in [6.07, 6.45) is 1.78. The van der Waals surface area contributed by atoms with E-state index in [4.69, 9.17) is 14.0 Å². The van der Waals surface area contributed by atoms with Gasteiger partial charge in [-0.25, -0.2) is 9.37 Å². The van der Waals surface area contributed by atoms with Gasteiger partial charge in [0.15, 0.2) is 0 Å². The number of rotatable bonds is 5. The van der Waals surface area contributed by atoms with Crippen LogP contribution in [0.4, 0.5) is 4.39 Å². The van der Waals surface area contributed by atoms with Crippen LogP contribution in [-0.4, -0.2) is 29.4 Å². The van der Waals surface area contributed by atoms with Gasteiger partial charge in [-0.3, -0.25) is 0 Å². The summed E-state index contributed by atoms with van der Waals surface area (Å²) in [5.74, 6) is 0.233. The molecular formula is C21H27BFNO3S. The van der Waals surface area contributed by atoms with E-state index in [1.807, 2.05) is 60.6 Å². The van der Waals surface area contributed by atoms with Gasteiger partial charge in [0, 0.05) is 22.1 Å². The van der Waals surface area contributed by atoms with Gasteiger partial charge in [0.1, 0.15) is 5.82 Å². The largest absolute Gasteiger partial charge is 0.494 e. The Morgan fingerprint density at radius 1 is 1.07 bits per heavy atom. The maximum Gasteiger partial charge on any atom is 0.494 e. The Labute approximate surface area is 171 Å². The first-order valence-electron chi connectivity index (χ1n) is 9.45. The van der Waals surface area contributed by atoms with Crippen molar-refractivity contribution in [2.24, 2.45) is 0 Å². The minimum absolute atomic E-state index is 0.0315. The molecule has 0 amide bonds. The Kier molecular flexibility index (Phi) is 5.81. The number of hydrogen-bond acceptors (Lipinski definition) is 5. The van der Waals surface area contributed by atoms with E-state index in [1.54, 1.807) is 12.3 Å². The first-order chi connectivity index (χ1) is 13.0. The molecule has 1 aliphatic heterocycles. The van der Waals surface area contributed by atoms with Gasteiger partial charge in [0.25, 0.3) is 0 Å². The quantitative estimate of drug-likeness (QED) is 0.673. The van der Waals surface area contributed by atoms with E-state index in [0.717, 1.165) is 10.5 Å². The molecule has 2 heterocycles. The van der Waals surface area contributed by atoms with Gasteiger partial charge < -0.3 is 14.0 Å². The number of ether oxygens (including phenoxy) is 1. The highest BCUT2D eigenvalue weighted by molar-refractivity contribution is 7.99. The number of benzene rings is 1. The van der Waals surface area contributed by atoms with Crippen LogP contribution < -0.4 is 10.2 Å². The molecule has 2 aromatic rings. The molecule has 28 heavy (non-hydrogen) atoms. The molecular weight excluding hydrogens is 376 g/mol. The molecule has 0 unspecified atom stereocenters. The lowest BCUT2D eigenvalue weighted by atomic mass is 9.79.